The molecule has 0 N–H and O–H groups in total. The van der Waals surface area contributed by atoms with Gasteiger partial charge in [-0.05, 0) is 6.92 Å². The topological polar surface area (TPSA) is 27.7 Å². The van der Waals surface area contributed by atoms with Gasteiger partial charge in [0.1, 0.15) is 6.26 Å². The summed E-state index contributed by atoms with van der Waals surface area (Å²) in [7, 11) is 0. The molecule has 0 amide bonds. The highest BCUT2D eigenvalue weighted by Gasteiger charge is 2.09. The molecule has 0 aromatic carbocycles. The summed E-state index contributed by atoms with van der Waals surface area (Å²) >= 11 is 0. The number of rotatable bonds is 2. The second-order valence-corrected chi connectivity index (χ2v) is 1.34. The van der Waals surface area contributed by atoms with Crippen LogP contribution in [0.15, 0.2) is 12.3 Å². The number of hydrogen-bond donors (Lipinski definition) is 0. The molecule has 3 heteroatoms. The molecule has 0 aliphatic carbocycles. The Labute approximate surface area is 47.8 Å². The van der Waals surface area contributed by atoms with Crippen LogP contribution in [0, 0.1) is 0 Å². The highest BCUT2D eigenvalue weighted by Crippen LogP contribution is 2.04. The van der Waals surface area contributed by atoms with Crippen LogP contribution in [-0.2, 0) is 14.5 Å². The van der Waals surface area contributed by atoms with Crippen LogP contribution in [0.25, 0.3) is 0 Å². The van der Waals surface area contributed by atoms with Crippen molar-refractivity contribution in [2.75, 3.05) is 6.61 Å². The largest absolute Gasteiger partial charge is 0.346 e. The van der Waals surface area contributed by atoms with Crippen LogP contribution in [-0.4, -0.2) is 12.9 Å². The molecule has 3 nitrogen and oxygen atoms in total. The van der Waals surface area contributed by atoms with Crippen molar-refractivity contribution >= 4 is 0 Å². The van der Waals surface area contributed by atoms with Crippen molar-refractivity contribution in [3.8, 4) is 0 Å². The first-order chi connectivity index (χ1) is 3.93. The number of hydrogen-bond acceptors (Lipinski definition) is 3. The number of ether oxygens (including phenoxy) is 1. The van der Waals surface area contributed by atoms with Crippen molar-refractivity contribution in [3.63, 3.8) is 0 Å². The molecule has 0 aromatic heterocycles. The predicted molar refractivity (Wildman–Crippen MR) is 26.7 cm³/mol. The molecular weight excluding hydrogens is 108 g/mol. The van der Waals surface area contributed by atoms with Gasteiger partial charge in [0.15, 0.2) is 0 Å². The summed E-state index contributed by atoms with van der Waals surface area (Å²) < 4.78 is 4.97. The van der Waals surface area contributed by atoms with Crippen molar-refractivity contribution in [2.45, 2.75) is 13.2 Å². The second kappa shape index (κ2) is 2.69. The quantitative estimate of drug-likeness (QED) is 0.500. The molecule has 0 radical (unpaired) electrons. The van der Waals surface area contributed by atoms with Crippen molar-refractivity contribution in [2.24, 2.45) is 0 Å². The van der Waals surface area contributed by atoms with Gasteiger partial charge < -0.3 is 9.62 Å². The van der Waals surface area contributed by atoms with Crippen molar-refractivity contribution in [3.05, 3.63) is 12.3 Å². The van der Waals surface area contributed by atoms with Gasteiger partial charge in [-0.1, -0.05) is 0 Å². The molecule has 0 spiro atoms. The monoisotopic (exact) mass is 116 g/mol. The first-order valence-electron chi connectivity index (χ1n) is 2.54. The standard InChI is InChI=1S/C5H8O3/c1-2-6-5-3-4-7-8-5/h3-5H,2H2,1H3. The molecule has 0 fully saturated rings. The Kier molecular flexibility index (Phi) is 1.88. The molecule has 1 heterocycles. The zero-order valence-corrected chi connectivity index (χ0v) is 4.66. The van der Waals surface area contributed by atoms with Crippen molar-refractivity contribution in [1.29, 1.82) is 0 Å². The molecule has 46 valence electrons. The SMILES string of the molecule is CCOC1C=COO1. The maximum Gasteiger partial charge on any atom is 0.225 e. The minimum absolute atomic E-state index is 0.292. The summed E-state index contributed by atoms with van der Waals surface area (Å²) in [5, 5.41) is 0. The van der Waals surface area contributed by atoms with Gasteiger partial charge >= 0.3 is 0 Å². The summed E-state index contributed by atoms with van der Waals surface area (Å²) in [4.78, 5) is 8.96. The summed E-state index contributed by atoms with van der Waals surface area (Å²) in [6.45, 7) is 2.54. The van der Waals surface area contributed by atoms with Crippen LogP contribution < -0.4 is 0 Å². The highest BCUT2D eigenvalue weighted by molar-refractivity contribution is 4.80. The van der Waals surface area contributed by atoms with E-state index in [1.807, 2.05) is 6.92 Å². The highest BCUT2D eigenvalue weighted by atomic mass is 17.2. The van der Waals surface area contributed by atoms with Gasteiger partial charge in [-0.2, -0.15) is 4.89 Å². The van der Waals surface area contributed by atoms with Gasteiger partial charge in [0, 0.05) is 12.7 Å². The zero-order valence-electron chi connectivity index (χ0n) is 4.66. The van der Waals surface area contributed by atoms with E-state index in [9.17, 15) is 0 Å². The van der Waals surface area contributed by atoms with Crippen LogP contribution in [0.4, 0.5) is 0 Å². The average molecular weight is 116 g/mol. The third-order valence-electron chi connectivity index (χ3n) is 0.773. The van der Waals surface area contributed by atoms with Gasteiger partial charge in [-0.3, -0.25) is 0 Å². The molecule has 1 unspecified atom stereocenters. The maximum atomic E-state index is 4.97. The summed E-state index contributed by atoms with van der Waals surface area (Å²) in [6, 6.07) is 0. The Balaban J connectivity index is 2.16. The van der Waals surface area contributed by atoms with E-state index in [-0.39, 0.29) is 6.29 Å². The van der Waals surface area contributed by atoms with Crippen LogP contribution in [0.3, 0.4) is 0 Å². The molecule has 8 heavy (non-hydrogen) atoms. The van der Waals surface area contributed by atoms with E-state index in [1.54, 1.807) is 6.08 Å². The Morgan fingerprint density at radius 3 is 3.12 bits per heavy atom. The lowest BCUT2D eigenvalue weighted by Gasteiger charge is -2.02. The minimum Gasteiger partial charge on any atom is -0.346 e. The van der Waals surface area contributed by atoms with Crippen LogP contribution in [0.2, 0.25) is 0 Å². The lowest BCUT2D eigenvalue weighted by Crippen LogP contribution is -2.08. The van der Waals surface area contributed by atoms with Gasteiger partial charge in [-0.25, -0.2) is 0 Å². The van der Waals surface area contributed by atoms with Crippen LogP contribution in [0.5, 0.6) is 0 Å². The first-order valence-corrected chi connectivity index (χ1v) is 2.54. The van der Waals surface area contributed by atoms with Gasteiger partial charge in [0.05, 0.1) is 0 Å². The van der Waals surface area contributed by atoms with Crippen LogP contribution >= 0.6 is 0 Å². The minimum atomic E-state index is -0.292. The Morgan fingerprint density at radius 2 is 2.62 bits per heavy atom. The average Bonchev–Trinajstić information content (AvgIpc) is 2.19. The Hall–Kier alpha value is -0.540. The summed E-state index contributed by atoms with van der Waals surface area (Å²) in [6.07, 6.45) is 2.86. The first kappa shape index (κ1) is 5.59. The maximum absolute atomic E-state index is 4.97. The third-order valence-corrected chi connectivity index (χ3v) is 0.773. The molecule has 1 aliphatic rings. The molecule has 0 saturated heterocycles. The lowest BCUT2D eigenvalue weighted by molar-refractivity contribution is -0.311. The molecule has 1 atom stereocenters. The summed E-state index contributed by atoms with van der Waals surface area (Å²) in [5.41, 5.74) is 0. The van der Waals surface area contributed by atoms with Crippen molar-refractivity contribution in [1.82, 2.24) is 0 Å². The van der Waals surface area contributed by atoms with E-state index in [0.29, 0.717) is 6.61 Å². The zero-order chi connectivity index (χ0) is 5.82. The molecule has 1 rings (SSSR count). The molecule has 0 bridgehead atoms. The predicted octanol–water partition coefficient (Wildman–Crippen LogP) is 0.825. The van der Waals surface area contributed by atoms with E-state index in [0.717, 1.165) is 0 Å². The molecule has 0 saturated carbocycles. The van der Waals surface area contributed by atoms with E-state index < -0.39 is 0 Å². The lowest BCUT2D eigenvalue weighted by atomic mass is 10.6. The van der Waals surface area contributed by atoms with Gasteiger partial charge in [0.25, 0.3) is 0 Å². The van der Waals surface area contributed by atoms with Crippen LogP contribution in [0.1, 0.15) is 6.92 Å². The van der Waals surface area contributed by atoms with E-state index >= 15 is 0 Å². The fourth-order valence-electron chi connectivity index (χ4n) is 0.463. The van der Waals surface area contributed by atoms with E-state index in [2.05, 4.69) is 9.78 Å². The van der Waals surface area contributed by atoms with Gasteiger partial charge in [0.2, 0.25) is 6.29 Å². The smallest absolute Gasteiger partial charge is 0.225 e. The molecular formula is C5H8O3. The van der Waals surface area contributed by atoms with Gasteiger partial charge in [-0.15, -0.1) is 0 Å². The normalized spacial score (nSPS) is 25.9. The fourth-order valence-corrected chi connectivity index (χ4v) is 0.463. The third kappa shape index (κ3) is 1.21. The Bertz CT molecular complexity index is 89.7. The Morgan fingerprint density at radius 1 is 1.75 bits per heavy atom. The van der Waals surface area contributed by atoms with E-state index in [1.165, 1.54) is 6.26 Å². The molecule has 1 aliphatic heterocycles. The van der Waals surface area contributed by atoms with Crippen molar-refractivity contribution < 1.29 is 14.5 Å². The van der Waals surface area contributed by atoms with E-state index in [4.69, 9.17) is 4.74 Å². The summed E-state index contributed by atoms with van der Waals surface area (Å²) in [5.74, 6) is 0. The fraction of sp³-hybridized carbons (Fsp3) is 0.600. The molecule has 0 aromatic rings. The second-order valence-electron chi connectivity index (χ2n) is 1.34.